The Bertz CT molecular complexity index is 497. The molecule has 22 heavy (non-hydrogen) atoms. The molecule has 122 valence electrons. The Morgan fingerprint density at radius 2 is 1.91 bits per heavy atom. The number of amides is 1. The van der Waals surface area contributed by atoms with Gasteiger partial charge in [-0.1, -0.05) is 26.0 Å². The molecule has 1 aliphatic rings. The fraction of sp³-hybridized carbons (Fsp3) is 0.611. The van der Waals surface area contributed by atoms with Crippen LogP contribution in [-0.4, -0.2) is 43.2 Å². The molecule has 1 saturated carbocycles. The van der Waals surface area contributed by atoms with E-state index in [9.17, 15) is 4.79 Å². The first kappa shape index (κ1) is 16.8. The van der Waals surface area contributed by atoms with Gasteiger partial charge in [-0.25, -0.2) is 0 Å². The van der Waals surface area contributed by atoms with Gasteiger partial charge in [0, 0.05) is 19.2 Å². The Balaban J connectivity index is 2.19. The van der Waals surface area contributed by atoms with Gasteiger partial charge in [0.1, 0.15) is 12.4 Å². The van der Waals surface area contributed by atoms with Crippen molar-refractivity contribution in [2.75, 3.05) is 20.3 Å². The summed E-state index contributed by atoms with van der Waals surface area (Å²) < 4.78 is 10.7. The number of para-hydroxylation sites is 1. The van der Waals surface area contributed by atoms with Gasteiger partial charge in [0.2, 0.25) is 0 Å². The second kappa shape index (κ2) is 7.63. The van der Waals surface area contributed by atoms with E-state index in [4.69, 9.17) is 9.47 Å². The molecule has 4 heteroatoms. The highest BCUT2D eigenvalue weighted by atomic mass is 16.5. The highest BCUT2D eigenvalue weighted by molar-refractivity contribution is 5.97. The fourth-order valence-corrected chi connectivity index (χ4v) is 2.50. The number of hydrogen-bond donors (Lipinski definition) is 0. The van der Waals surface area contributed by atoms with Crippen LogP contribution in [0.5, 0.6) is 5.75 Å². The zero-order valence-electron chi connectivity index (χ0n) is 14.0. The lowest BCUT2D eigenvalue weighted by Gasteiger charge is -2.32. The van der Waals surface area contributed by atoms with Crippen LogP contribution in [0.15, 0.2) is 24.3 Å². The predicted molar refractivity (Wildman–Crippen MR) is 87.3 cm³/mol. The maximum absolute atomic E-state index is 13.0. The van der Waals surface area contributed by atoms with E-state index >= 15 is 0 Å². The highest BCUT2D eigenvalue weighted by Crippen LogP contribution is 2.33. The summed E-state index contributed by atoms with van der Waals surface area (Å²) in [5.74, 6) is 1.16. The molecule has 1 aromatic carbocycles. The van der Waals surface area contributed by atoms with Gasteiger partial charge in [-0.2, -0.15) is 0 Å². The number of ether oxygens (including phenoxy) is 2. The van der Waals surface area contributed by atoms with E-state index in [1.807, 2.05) is 29.2 Å². The summed E-state index contributed by atoms with van der Waals surface area (Å²) in [7, 11) is 1.64. The minimum atomic E-state index is 0.0803. The van der Waals surface area contributed by atoms with Crippen molar-refractivity contribution in [3.8, 4) is 5.75 Å². The van der Waals surface area contributed by atoms with E-state index < -0.39 is 0 Å². The molecule has 0 N–H and O–H groups in total. The average Bonchev–Trinajstić information content (AvgIpc) is 3.32. The van der Waals surface area contributed by atoms with Crippen LogP contribution < -0.4 is 4.74 Å². The summed E-state index contributed by atoms with van der Waals surface area (Å²) in [4.78, 5) is 15.1. The first-order valence-corrected chi connectivity index (χ1v) is 8.09. The molecule has 2 rings (SSSR count). The second-order valence-electron chi connectivity index (χ2n) is 6.27. The molecule has 0 saturated heterocycles. The van der Waals surface area contributed by atoms with E-state index in [1.54, 1.807) is 7.11 Å². The molecule has 1 atom stereocenters. The van der Waals surface area contributed by atoms with Crippen LogP contribution in [0.25, 0.3) is 0 Å². The van der Waals surface area contributed by atoms with Crippen LogP contribution in [0.2, 0.25) is 0 Å². The van der Waals surface area contributed by atoms with Gasteiger partial charge in [0.15, 0.2) is 0 Å². The summed E-state index contributed by atoms with van der Waals surface area (Å²) in [5, 5.41) is 0. The summed E-state index contributed by atoms with van der Waals surface area (Å²) in [6.45, 7) is 7.42. The molecule has 0 aromatic heterocycles. The lowest BCUT2D eigenvalue weighted by Crippen LogP contribution is -2.43. The Kier molecular flexibility index (Phi) is 5.83. The Labute approximate surface area is 133 Å². The smallest absolute Gasteiger partial charge is 0.258 e. The third kappa shape index (κ3) is 4.01. The molecule has 1 aliphatic carbocycles. The van der Waals surface area contributed by atoms with E-state index in [2.05, 4.69) is 20.8 Å². The summed E-state index contributed by atoms with van der Waals surface area (Å²) in [6, 6.07) is 8.11. The molecular weight excluding hydrogens is 278 g/mol. The van der Waals surface area contributed by atoms with Crippen LogP contribution >= 0.6 is 0 Å². The second-order valence-corrected chi connectivity index (χ2v) is 6.27. The molecule has 1 aromatic rings. The molecule has 0 aliphatic heterocycles. The number of carbonyl (C=O) groups excluding carboxylic acids is 1. The molecule has 1 amide bonds. The number of nitrogens with zero attached hydrogens (tertiary/aromatic N) is 1. The molecule has 0 bridgehead atoms. The Hall–Kier alpha value is -1.55. The summed E-state index contributed by atoms with van der Waals surface area (Å²) in [6.07, 6.45) is 2.21. The van der Waals surface area contributed by atoms with Crippen molar-refractivity contribution in [1.82, 2.24) is 4.90 Å². The van der Waals surface area contributed by atoms with E-state index in [1.165, 1.54) is 0 Å². The van der Waals surface area contributed by atoms with E-state index in [0.717, 1.165) is 12.8 Å². The third-order valence-electron chi connectivity index (χ3n) is 4.24. The van der Waals surface area contributed by atoms with Crippen molar-refractivity contribution in [1.29, 1.82) is 0 Å². The third-order valence-corrected chi connectivity index (χ3v) is 4.24. The standard InChI is InChI=1S/C18H27NO3/c1-13(2)14(3)19(15-9-10-15)18(20)16-7-5-6-8-17(16)22-12-11-21-4/h5-8,13-15H,9-12H2,1-4H3. The summed E-state index contributed by atoms with van der Waals surface area (Å²) in [5.41, 5.74) is 0.651. The molecule has 0 radical (unpaired) electrons. The normalized spacial score (nSPS) is 15.7. The largest absolute Gasteiger partial charge is 0.490 e. The lowest BCUT2D eigenvalue weighted by atomic mass is 10.0. The minimum Gasteiger partial charge on any atom is -0.490 e. The molecular formula is C18H27NO3. The first-order chi connectivity index (χ1) is 10.6. The fourth-order valence-electron chi connectivity index (χ4n) is 2.50. The predicted octanol–water partition coefficient (Wildman–Crippen LogP) is 3.36. The number of carbonyl (C=O) groups is 1. The summed E-state index contributed by atoms with van der Waals surface area (Å²) >= 11 is 0. The number of benzene rings is 1. The topological polar surface area (TPSA) is 38.8 Å². The van der Waals surface area contributed by atoms with Crippen molar-refractivity contribution in [2.24, 2.45) is 5.92 Å². The van der Waals surface area contributed by atoms with E-state index in [-0.39, 0.29) is 11.9 Å². The van der Waals surface area contributed by atoms with Crippen molar-refractivity contribution >= 4 is 5.91 Å². The van der Waals surface area contributed by atoms with Gasteiger partial charge in [-0.15, -0.1) is 0 Å². The maximum Gasteiger partial charge on any atom is 0.258 e. The van der Waals surface area contributed by atoms with Crippen LogP contribution in [0.3, 0.4) is 0 Å². The zero-order valence-corrected chi connectivity index (χ0v) is 14.0. The van der Waals surface area contributed by atoms with Crippen LogP contribution in [0.1, 0.15) is 44.0 Å². The Morgan fingerprint density at radius 1 is 1.23 bits per heavy atom. The van der Waals surface area contributed by atoms with Crippen LogP contribution in [0, 0.1) is 5.92 Å². The average molecular weight is 305 g/mol. The quantitative estimate of drug-likeness (QED) is 0.691. The minimum absolute atomic E-state index is 0.0803. The van der Waals surface area contributed by atoms with Gasteiger partial charge in [-0.05, 0) is 37.8 Å². The van der Waals surface area contributed by atoms with Gasteiger partial charge in [0.05, 0.1) is 12.2 Å². The monoisotopic (exact) mass is 305 g/mol. The van der Waals surface area contributed by atoms with Crippen molar-refractivity contribution in [3.63, 3.8) is 0 Å². The molecule has 0 heterocycles. The number of methoxy groups -OCH3 is 1. The van der Waals surface area contributed by atoms with Gasteiger partial charge >= 0.3 is 0 Å². The zero-order chi connectivity index (χ0) is 16.1. The van der Waals surface area contributed by atoms with Crippen molar-refractivity contribution < 1.29 is 14.3 Å². The SMILES string of the molecule is COCCOc1ccccc1C(=O)N(C1CC1)C(C)C(C)C. The number of rotatable bonds is 8. The Morgan fingerprint density at radius 3 is 2.50 bits per heavy atom. The van der Waals surface area contributed by atoms with Crippen LogP contribution in [0.4, 0.5) is 0 Å². The van der Waals surface area contributed by atoms with E-state index in [0.29, 0.717) is 36.5 Å². The van der Waals surface area contributed by atoms with Gasteiger partial charge < -0.3 is 14.4 Å². The van der Waals surface area contributed by atoms with Crippen molar-refractivity contribution in [2.45, 2.75) is 45.7 Å². The first-order valence-electron chi connectivity index (χ1n) is 8.09. The molecule has 0 spiro atoms. The van der Waals surface area contributed by atoms with Crippen molar-refractivity contribution in [3.05, 3.63) is 29.8 Å². The van der Waals surface area contributed by atoms with Gasteiger partial charge in [-0.3, -0.25) is 4.79 Å². The van der Waals surface area contributed by atoms with Gasteiger partial charge in [0.25, 0.3) is 5.91 Å². The number of hydrogen-bond acceptors (Lipinski definition) is 3. The lowest BCUT2D eigenvalue weighted by molar-refractivity contribution is 0.0621. The highest BCUT2D eigenvalue weighted by Gasteiger charge is 2.37. The molecule has 1 fully saturated rings. The molecule has 4 nitrogen and oxygen atoms in total. The molecule has 1 unspecified atom stereocenters. The van der Waals surface area contributed by atoms with Crippen LogP contribution in [-0.2, 0) is 4.74 Å². The maximum atomic E-state index is 13.0.